The lowest BCUT2D eigenvalue weighted by molar-refractivity contribution is -0.386. The minimum absolute atomic E-state index is 0.0249. The van der Waals surface area contributed by atoms with E-state index in [0.717, 1.165) is 0 Å². The molecule has 0 fully saturated rings. The van der Waals surface area contributed by atoms with Gasteiger partial charge in [-0.1, -0.05) is 0 Å². The fraction of sp³-hybridized carbons (Fsp3) is 0.222. The number of ether oxygens (including phenoxy) is 1. The zero-order valence-corrected chi connectivity index (χ0v) is 7.93. The molecule has 0 amide bonds. The third-order valence-electron chi connectivity index (χ3n) is 1.86. The van der Waals surface area contributed by atoms with E-state index in [4.69, 9.17) is 15.1 Å². The number of nitrogens with zero attached hydrogens (tertiary/aromatic N) is 2. The summed E-state index contributed by atoms with van der Waals surface area (Å²) in [5, 5.41) is 28.3. The average molecular weight is 208 g/mol. The number of rotatable bonds is 3. The molecule has 0 radical (unpaired) electrons. The van der Waals surface area contributed by atoms with Gasteiger partial charge in [0.2, 0.25) is 0 Å². The van der Waals surface area contributed by atoms with Crippen molar-refractivity contribution in [2.45, 2.75) is 6.61 Å². The first-order chi connectivity index (χ1) is 7.13. The van der Waals surface area contributed by atoms with Crippen LogP contribution in [0.15, 0.2) is 12.1 Å². The largest absolute Gasteiger partial charge is 0.490 e. The van der Waals surface area contributed by atoms with Gasteiger partial charge in [0.1, 0.15) is 0 Å². The van der Waals surface area contributed by atoms with Gasteiger partial charge >= 0.3 is 5.69 Å². The molecule has 0 atom stereocenters. The minimum atomic E-state index is -0.647. The molecule has 0 aromatic heterocycles. The summed E-state index contributed by atoms with van der Waals surface area (Å²) in [4.78, 5) is 10.0. The number of hydrogen-bond donors (Lipinski definition) is 1. The standard InChI is InChI=1S/C9H8N2O4/c1-15-8-3-6(4-10)2-7(5-12)9(8)11(13)14/h2-3,12H,5H2,1H3. The number of nitriles is 1. The Hall–Kier alpha value is -2.13. The number of aliphatic hydroxyl groups is 1. The molecule has 0 heterocycles. The maximum absolute atomic E-state index is 10.7. The summed E-state index contributed by atoms with van der Waals surface area (Å²) >= 11 is 0. The van der Waals surface area contributed by atoms with Gasteiger partial charge in [0, 0.05) is 6.07 Å². The van der Waals surface area contributed by atoms with Gasteiger partial charge in [-0.05, 0) is 6.07 Å². The predicted molar refractivity (Wildman–Crippen MR) is 50.3 cm³/mol. The number of methoxy groups -OCH3 is 1. The molecule has 0 saturated carbocycles. The first-order valence-electron chi connectivity index (χ1n) is 4.00. The van der Waals surface area contributed by atoms with Crippen LogP contribution in [0.1, 0.15) is 11.1 Å². The van der Waals surface area contributed by atoms with Gasteiger partial charge in [-0.15, -0.1) is 0 Å². The molecular formula is C9H8N2O4. The van der Waals surface area contributed by atoms with Gasteiger partial charge < -0.3 is 9.84 Å². The van der Waals surface area contributed by atoms with Crippen molar-refractivity contribution in [1.82, 2.24) is 0 Å². The second kappa shape index (κ2) is 4.39. The third-order valence-corrected chi connectivity index (χ3v) is 1.86. The van der Waals surface area contributed by atoms with Crippen LogP contribution in [0, 0.1) is 21.4 Å². The quantitative estimate of drug-likeness (QED) is 0.589. The van der Waals surface area contributed by atoms with Crippen molar-refractivity contribution in [1.29, 1.82) is 5.26 Å². The van der Waals surface area contributed by atoms with Gasteiger partial charge in [-0.3, -0.25) is 10.1 Å². The maximum Gasteiger partial charge on any atom is 0.316 e. The molecule has 0 bridgehead atoms. The Morgan fingerprint density at radius 2 is 2.33 bits per heavy atom. The van der Waals surface area contributed by atoms with Crippen LogP contribution in [0.3, 0.4) is 0 Å². The Morgan fingerprint density at radius 3 is 2.73 bits per heavy atom. The zero-order valence-electron chi connectivity index (χ0n) is 7.93. The lowest BCUT2D eigenvalue weighted by Crippen LogP contribution is -2.00. The Bertz CT molecular complexity index is 411. The second-order valence-corrected chi connectivity index (χ2v) is 2.71. The van der Waals surface area contributed by atoms with Crippen molar-refractivity contribution in [3.8, 4) is 11.8 Å². The molecule has 0 spiro atoms. The number of hydrogen-bond acceptors (Lipinski definition) is 5. The monoisotopic (exact) mass is 208 g/mol. The van der Waals surface area contributed by atoms with E-state index in [1.54, 1.807) is 0 Å². The second-order valence-electron chi connectivity index (χ2n) is 2.71. The maximum atomic E-state index is 10.7. The first kappa shape index (κ1) is 10.9. The molecule has 0 saturated heterocycles. The average Bonchev–Trinajstić information content (AvgIpc) is 2.26. The summed E-state index contributed by atoms with van der Waals surface area (Å²) in [5.41, 5.74) is -0.0311. The van der Waals surface area contributed by atoms with Gasteiger partial charge in [-0.25, -0.2) is 0 Å². The SMILES string of the molecule is COc1cc(C#N)cc(CO)c1[N+](=O)[O-]. The molecule has 6 nitrogen and oxygen atoms in total. The third kappa shape index (κ3) is 2.03. The van der Waals surface area contributed by atoms with E-state index in [0.29, 0.717) is 0 Å². The van der Waals surface area contributed by atoms with Gasteiger partial charge in [0.05, 0.1) is 35.8 Å². The molecule has 6 heteroatoms. The summed E-state index contributed by atoms with van der Waals surface area (Å²) in [7, 11) is 1.27. The van der Waals surface area contributed by atoms with Gasteiger partial charge in [0.25, 0.3) is 0 Å². The van der Waals surface area contributed by atoms with Crippen molar-refractivity contribution in [3.63, 3.8) is 0 Å². The Balaban J connectivity index is 3.48. The first-order valence-corrected chi connectivity index (χ1v) is 4.00. The Kier molecular flexibility index (Phi) is 3.21. The summed E-state index contributed by atoms with van der Waals surface area (Å²) in [6, 6.07) is 4.35. The summed E-state index contributed by atoms with van der Waals surface area (Å²) in [5.74, 6) is -0.0249. The highest BCUT2D eigenvalue weighted by Crippen LogP contribution is 2.32. The molecule has 1 aromatic rings. The molecule has 78 valence electrons. The van der Waals surface area contributed by atoms with E-state index in [1.807, 2.05) is 6.07 Å². The normalized spacial score (nSPS) is 9.40. The van der Waals surface area contributed by atoms with Crippen LogP contribution in [-0.4, -0.2) is 17.1 Å². The van der Waals surface area contributed by atoms with Gasteiger partial charge in [0.15, 0.2) is 5.75 Å². The van der Waals surface area contributed by atoms with E-state index in [-0.39, 0.29) is 22.6 Å². The number of benzene rings is 1. The minimum Gasteiger partial charge on any atom is -0.490 e. The van der Waals surface area contributed by atoms with E-state index in [9.17, 15) is 10.1 Å². The zero-order chi connectivity index (χ0) is 11.4. The summed E-state index contributed by atoms with van der Waals surface area (Å²) in [6.07, 6.45) is 0. The van der Waals surface area contributed by atoms with Crippen molar-refractivity contribution in [3.05, 3.63) is 33.4 Å². The van der Waals surface area contributed by atoms with E-state index < -0.39 is 11.5 Å². The van der Waals surface area contributed by atoms with Crippen LogP contribution in [0.5, 0.6) is 5.75 Å². The molecule has 15 heavy (non-hydrogen) atoms. The van der Waals surface area contributed by atoms with E-state index >= 15 is 0 Å². The highest BCUT2D eigenvalue weighted by Gasteiger charge is 2.21. The molecule has 1 N–H and O–H groups in total. The van der Waals surface area contributed by atoms with Crippen LogP contribution >= 0.6 is 0 Å². The highest BCUT2D eigenvalue weighted by molar-refractivity contribution is 5.57. The number of aliphatic hydroxyl groups excluding tert-OH is 1. The van der Waals surface area contributed by atoms with Gasteiger partial charge in [-0.2, -0.15) is 5.26 Å². The Labute approximate surface area is 85.5 Å². The molecular weight excluding hydrogens is 200 g/mol. The van der Waals surface area contributed by atoms with Crippen LogP contribution in [0.25, 0.3) is 0 Å². The fourth-order valence-electron chi connectivity index (χ4n) is 1.21. The van der Waals surface area contributed by atoms with Crippen LogP contribution in [0.4, 0.5) is 5.69 Å². The molecule has 1 aromatic carbocycles. The lowest BCUT2D eigenvalue weighted by Gasteiger charge is -2.05. The Morgan fingerprint density at radius 1 is 1.67 bits per heavy atom. The lowest BCUT2D eigenvalue weighted by atomic mass is 10.1. The van der Waals surface area contributed by atoms with Crippen molar-refractivity contribution in [2.24, 2.45) is 0 Å². The number of nitro benzene ring substituents is 1. The van der Waals surface area contributed by atoms with Crippen molar-refractivity contribution in [2.75, 3.05) is 7.11 Å². The molecule has 0 unspecified atom stereocenters. The molecule has 0 aliphatic carbocycles. The topological polar surface area (TPSA) is 96.4 Å². The van der Waals surface area contributed by atoms with Crippen molar-refractivity contribution < 1.29 is 14.8 Å². The van der Waals surface area contributed by atoms with E-state index in [2.05, 4.69) is 0 Å². The summed E-state index contributed by atoms with van der Waals surface area (Å²) < 4.78 is 4.79. The summed E-state index contributed by atoms with van der Waals surface area (Å²) in [6.45, 7) is -0.512. The molecule has 1 rings (SSSR count). The number of nitro groups is 1. The smallest absolute Gasteiger partial charge is 0.316 e. The van der Waals surface area contributed by atoms with Crippen LogP contribution in [0.2, 0.25) is 0 Å². The highest BCUT2D eigenvalue weighted by atomic mass is 16.6. The van der Waals surface area contributed by atoms with Crippen LogP contribution < -0.4 is 4.74 Å². The van der Waals surface area contributed by atoms with Crippen LogP contribution in [-0.2, 0) is 6.61 Å². The van der Waals surface area contributed by atoms with E-state index in [1.165, 1.54) is 19.2 Å². The predicted octanol–water partition coefficient (Wildman–Crippen LogP) is 0.967. The molecule has 0 aliphatic heterocycles. The molecule has 0 aliphatic rings. The fourth-order valence-corrected chi connectivity index (χ4v) is 1.21. The van der Waals surface area contributed by atoms with Crippen molar-refractivity contribution >= 4 is 5.69 Å².